The van der Waals surface area contributed by atoms with E-state index in [0.29, 0.717) is 13.0 Å². The maximum Gasteiger partial charge on any atom is 0.268 e. The molecule has 2 fully saturated rings. The highest BCUT2D eigenvalue weighted by Gasteiger charge is 2.69. The number of likely N-dealkylation sites (tertiary alicyclic amines) is 1. The molecule has 2 N–H and O–H groups in total. The van der Waals surface area contributed by atoms with Crippen LogP contribution in [0.3, 0.4) is 0 Å². The first-order valence-corrected chi connectivity index (χ1v) is 4.37. The van der Waals surface area contributed by atoms with Crippen LogP contribution >= 0.6 is 0 Å². The van der Waals surface area contributed by atoms with E-state index in [1.54, 1.807) is 11.9 Å². The largest absolute Gasteiger partial charge is 0.327 e. The highest BCUT2D eigenvalue weighted by molar-refractivity contribution is 5.13. The van der Waals surface area contributed by atoms with E-state index in [1.807, 2.05) is 0 Å². The van der Waals surface area contributed by atoms with Crippen LogP contribution in [0, 0.1) is 5.92 Å². The van der Waals surface area contributed by atoms with Crippen molar-refractivity contribution in [3.8, 4) is 0 Å². The van der Waals surface area contributed by atoms with Crippen molar-refractivity contribution in [1.82, 2.24) is 4.90 Å². The fourth-order valence-corrected chi connectivity index (χ4v) is 2.29. The van der Waals surface area contributed by atoms with Gasteiger partial charge >= 0.3 is 0 Å². The number of nitrogens with zero attached hydrogens (tertiary/aromatic N) is 1. The number of hydrogen-bond acceptors (Lipinski definition) is 2. The van der Waals surface area contributed by atoms with Gasteiger partial charge < -0.3 is 5.73 Å². The highest BCUT2D eigenvalue weighted by Crippen LogP contribution is 2.55. The van der Waals surface area contributed by atoms with E-state index in [2.05, 4.69) is 0 Å². The molecule has 0 aromatic carbocycles. The van der Waals surface area contributed by atoms with E-state index in [4.69, 9.17) is 5.73 Å². The Morgan fingerprint density at radius 1 is 1.42 bits per heavy atom. The predicted octanol–water partition coefficient (Wildman–Crippen LogP) is 0.673. The molecule has 0 aromatic heterocycles. The molecular formula is C8H14F2N2. The molecule has 0 bridgehead atoms. The summed E-state index contributed by atoms with van der Waals surface area (Å²) >= 11 is 0. The summed E-state index contributed by atoms with van der Waals surface area (Å²) in [5.41, 5.74) is 5.71. The molecule has 1 heterocycles. The Bertz CT molecular complexity index is 195. The maximum atomic E-state index is 13.0. The number of likely N-dealkylation sites (N-methyl/N-ethyl adjacent to an activating group) is 1. The van der Waals surface area contributed by atoms with Crippen LogP contribution in [0.2, 0.25) is 0 Å². The normalized spacial score (nSPS) is 46.5. The Labute approximate surface area is 70.7 Å². The van der Waals surface area contributed by atoms with E-state index in [-0.39, 0.29) is 6.04 Å². The SMILES string of the molecule is CN1C[C@@H](N)CCC2C1C2(F)F. The first kappa shape index (κ1) is 8.38. The summed E-state index contributed by atoms with van der Waals surface area (Å²) < 4.78 is 26.0. The third-order valence-corrected chi connectivity index (χ3v) is 3.01. The van der Waals surface area contributed by atoms with E-state index >= 15 is 0 Å². The van der Waals surface area contributed by atoms with Crippen molar-refractivity contribution in [1.29, 1.82) is 0 Å². The van der Waals surface area contributed by atoms with Gasteiger partial charge in [0.1, 0.15) is 0 Å². The van der Waals surface area contributed by atoms with Crippen LogP contribution in [-0.4, -0.2) is 36.5 Å². The summed E-state index contributed by atoms with van der Waals surface area (Å²) in [4.78, 5) is 1.71. The predicted molar refractivity (Wildman–Crippen MR) is 42.1 cm³/mol. The molecule has 1 saturated carbocycles. The van der Waals surface area contributed by atoms with Gasteiger partial charge in [-0.05, 0) is 19.9 Å². The average Bonchev–Trinajstić information content (AvgIpc) is 2.52. The van der Waals surface area contributed by atoms with Crippen LogP contribution in [0.4, 0.5) is 8.78 Å². The third-order valence-electron chi connectivity index (χ3n) is 3.01. The van der Waals surface area contributed by atoms with Crippen molar-refractivity contribution < 1.29 is 8.78 Å². The van der Waals surface area contributed by atoms with Gasteiger partial charge in [-0.3, -0.25) is 4.90 Å². The third kappa shape index (κ3) is 1.05. The molecule has 1 aliphatic heterocycles. The van der Waals surface area contributed by atoms with Crippen molar-refractivity contribution in [3.05, 3.63) is 0 Å². The Morgan fingerprint density at radius 2 is 2.08 bits per heavy atom. The van der Waals surface area contributed by atoms with Gasteiger partial charge in [0.05, 0.1) is 6.04 Å². The Balaban J connectivity index is 2.07. The van der Waals surface area contributed by atoms with E-state index < -0.39 is 17.9 Å². The minimum Gasteiger partial charge on any atom is -0.327 e. The van der Waals surface area contributed by atoms with Gasteiger partial charge in [-0.1, -0.05) is 0 Å². The molecule has 1 saturated heterocycles. The molecule has 2 nitrogen and oxygen atoms in total. The lowest BCUT2D eigenvalue weighted by Gasteiger charge is -2.18. The zero-order chi connectivity index (χ0) is 8.93. The molecule has 12 heavy (non-hydrogen) atoms. The summed E-state index contributed by atoms with van der Waals surface area (Å²) in [6, 6.07) is -0.440. The second-order valence-corrected chi connectivity index (χ2v) is 4.00. The average molecular weight is 176 g/mol. The van der Waals surface area contributed by atoms with Gasteiger partial charge in [-0.15, -0.1) is 0 Å². The van der Waals surface area contributed by atoms with Crippen molar-refractivity contribution in [3.63, 3.8) is 0 Å². The van der Waals surface area contributed by atoms with Gasteiger partial charge in [0, 0.05) is 18.5 Å². The van der Waals surface area contributed by atoms with Crippen molar-refractivity contribution in [2.45, 2.75) is 30.8 Å². The summed E-state index contributed by atoms with van der Waals surface area (Å²) in [6.07, 6.45) is 1.32. The molecule has 4 heteroatoms. The van der Waals surface area contributed by atoms with Crippen LogP contribution in [0.25, 0.3) is 0 Å². The summed E-state index contributed by atoms with van der Waals surface area (Å²) in [7, 11) is 1.74. The standard InChI is InChI=1S/C8H14F2N2/c1-12-4-5(11)2-3-6-7(12)8(6,9)10/h5-7H,2-4,11H2,1H3/t5-,6?,7?/m0/s1. The summed E-state index contributed by atoms with van der Waals surface area (Å²) in [5.74, 6) is -2.86. The van der Waals surface area contributed by atoms with Gasteiger partial charge in [0.25, 0.3) is 5.92 Å². The van der Waals surface area contributed by atoms with Crippen molar-refractivity contribution in [2.24, 2.45) is 11.7 Å². The smallest absolute Gasteiger partial charge is 0.268 e. The van der Waals surface area contributed by atoms with Gasteiger partial charge in [-0.25, -0.2) is 8.78 Å². The quantitative estimate of drug-likeness (QED) is 0.588. The molecule has 2 aliphatic rings. The first-order valence-electron chi connectivity index (χ1n) is 4.37. The molecule has 2 unspecified atom stereocenters. The molecule has 3 atom stereocenters. The van der Waals surface area contributed by atoms with E-state index in [1.165, 1.54) is 0 Å². The fraction of sp³-hybridized carbons (Fsp3) is 1.00. The minimum atomic E-state index is -2.44. The summed E-state index contributed by atoms with van der Waals surface area (Å²) in [5, 5.41) is 0. The van der Waals surface area contributed by atoms with Crippen LogP contribution in [-0.2, 0) is 0 Å². The molecular weight excluding hydrogens is 162 g/mol. The fourth-order valence-electron chi connectivity index (χ4n) is 2.29. The molecule has 1 aliphatic carbocycles. The number of hydrogen-bond donors (Lipinski definition) is 1. The van der Waals surface area contributed by atoms with Crippen LogP contribution in [0.15, 0.2) is 0 Å². The maximum absolute atomic E-state index is 13.0. The molecule has 0 amide bonds. The molecule has 0 aromatic rings. The zero-order valence-corrected chi connectivity index (χ0v) is 7.13. The molecule has 0 radical (unpaired) electrons. The van der Waals surface area contributed by atoms with Crippen molar-refractivity contribution in [2.75, 3.05) is 13.6 Å². The second kappa shape index (κ2) is 2.39. The number of rotatable bonds is 0. The Kier molecular flexibility index (Phi) is 1.67. The van der Waals surface area contributed by atoms with Crippen LogP contribution in [0.1, 0.15) is 12.8 Å². The molecule has 0 spiro atoms. The first-order chi connectivity index (χ1) is 5.53. The van der Waals surface area contributed by atoms with Crippen LogP contribution < -0.4 is 5.73 Å². The molecule has 70 valence electrons. The molecule has 2 rings (SSSR count). The van der Waals surface area contributed by atoms with Gasteiger partial charge in [0.2, 0.25) is 0 Å². The number of alkyl halides is 2. The number of fused-ring (bicyclic) bond motifs is 1. The van der Waals surface area contributed by atoms with E-state index in [9.17, 15) is 8.78 Å². The zero-order valence-electron chi connectivity index (χ0n) is 7.13. The lowest BCUT2D eigenvalue weighted by Crippen LogP contribution is -2.37. The number of halogens is 2. The van der Waals surface area contributed by atoms with Gasteiger partial charge in [0.15, 0.2) is 0 Å². The van der Waals surface area contributed by atoms with Gasteiger partial charge in [-0.2, -0.15) is 0 Å². The van der Waals surface area contributed by atoms with E-state index in [0.717, 1.165) is 6.42 Å². The highest BCUT2D eigenvalue weighted by atomic mass is 19.3. The van der Waals surface area contributed by atoms with Crippen molar-refractivity contribution >= 4 is 0 Å². The lowest BCUT2D eigenvalue weighted by atomic mass is 10.1. The minimum absolute atomic E-state index is 0.0820. The Hall–Kier alpha value is -0.220. The topological polar surface area (TPSA) is 29.3 Å². The second-order valence-electron chi connectivity index (χ2n) is 4.00. The Morgan fingerprint density at radius 3 is 2.75 bits per heavy atom. The monoisotopic (exact) mass is 176 g/mol. The van der Waals surface area contributed by atoms with Crippen LogP contribution in [0.5, 0.6) is 0 Å². The lowest BCUT2D eigenvalue weighted by molar-refractivity contribution is 0.0633. The summed E-state index contributed by atoms with van der Waals surface area (Å²) in [6.45, 7) is 0.608. The number of nitrogens with two attached hydrogens (primary N) is 1.